The van der Waals surface area contributed by atoms with E-state index < -0.39 is 0 Å². The number of hydrogen-bond acceptors (Lipinski definition) is 5. The summed E-state index contributed by atoms with van der Waals surface area (Å²) in [5.74, 6) is 1.27. The van der Waals surface area contributed by atoms with E-state index >= 15 is 0 Å². The van der Waals surface area contributed by atoms with Gasteiger partial charge in [0, 0.05) is 17.5 Å². The van der Waals surface area contributed by atoms with E-state index in [1.165, 1.54) is 17.5 Å². The fraction of sp³-hybridized carbons (Fsp3) is 0.303. The monoisotopic (exact) mass is 518 g/mol. The molecule has 0 radical (unpaired) electrons. The van der Waals surface area contributed by atoms with Crippen LogP contribution in [-0.4, -0.2) is 22.9 Å². The van der Waals surface area contributed by atoms with Gasteiger partial charge in [0.2, 0.25) is 5.95 Å². The van der Waals surface area contributed by atoms with Gasteiger partial charge in [0.15, 0.2) is 0 Å². The van der Waals surface area contributed by atoms with E-state index in [1.54, 1.807) is 13.3 Å². The first-order chi connectivity index (χ1) is 19.2. The van der Waals surface area contributed by atoms with E-state index in [4.69, 9.17) is 9.72 Å². The molecule has 0 amide bonds. The third-order valence-corrected chi connectivity index (χ3v) is 8.27. The summed E-state index contributed by atoms with van der Waals surface area (Å²) in [7, 11) is 1.65. The number of anilines is 1. The van der Waals surface area contributed by atoms with Gasteiger partial charge in [0.25, 0.3) is 5.56 Å². The molecule has 1 fully saturated rings. The standard InChI is InChI=1S/C33H34N4O2/c1-39-27-16-14-25(15-17-27)23-34-36-32-35-30-28-13-7-6-12-26(28)22-33(19-8-3-9-20-33)29(30)31(38)37(32)21-18-24-10-4-2-5-11-24/h2,4-7,10-17,23H,3,8-9,18-22H2,1H3,(H,35,36)/b34-23-. The van der Waals surface area contributed by atoms with Crippen LogP contribution in [0.5, 0.6) is 5.75 Å². The van der Waals surface area contributed by atoms with Gasteiger partial charge in [-0.1, -0.05) is 73.9 Å². The maximum absolute atomic E-state index is 14.5. The number of aromatic nitrogens is 2. The Hall–Kier alpha value is -4.19. The molecule has 4 aromatic rings. The molecule has 6 nitrogen and oxygen atoms in total. The first-order valence-corrected chi connectivity index (χ1v) is 13.9. The maximum Gasteiger partial charge on any atom is 0.259 e. The lowest BCUT2D eigenvalue weighted by Crippen LogP contribution is -2.43. The number of ether oxygens (including phenoxy) is 1. The highest BCUT2D eigenvalue weighted by Crippen LogP contribution is 2.48. The van der Waals surface area contributed by atoms with Crippen molar-refractivity contribution in [1.82, 2.24) is 9.55 Å². The zero-order valence-electron chi connectivity index (χ0n) is 22.4. The van der Waals surface area contributed by atoms with Crippen LogP contribution >= 0.6 is 0 Å². The van der Waals surface area contributed by atoms with Crippen LogP contribution < -0.4 is 15.7 Å². The molecule has 1 heterocycles. The smallest absolute Gasteiger partial charge is 0.259 e. The molecular weight excluding hydrogens is 484 g/mol. The first kappa shape index (κ1) is 25.1. The fourth-order valence-electron chi connectivity index (χ4n) is 6.27. The first-order valence-electron chi connectivity index (χ1n) is 13.9. The van der Waals surface area contributed by atoms with E-state index in [0.717, 1.165) is 66.7 Å². The van der Waals surface area contributed by atoms with Crippen LogP contribution in [-0.2, 0) is 24.8 Å². The molecule has 0 unspecified atom stereocenters. The van der Waals surface area contributed by atoms with Gasteiger partial charge in [-0.2, -0.15) is 5.10 Å². The third kappa shape index (κ3) is 4.99. The van der Waals surface area contributed by atoms with E-state index in [9.17, 15) is 4.79 Å². The van der Waals surface area contributed by atoms with Gasteiger partial charge in [0.1, 0.15) is 5.75 Å². The molecule has 0 atom stereocenters. The molecule has 1 N–H and O–H groups in total. The highest BCUT2D eigenvalue weighted by Gasteiger charge is 2.43. The number of hydrogen-bond donors (Lipinski definition) is 1. The molecule has 1 saturated carbocycles. The minimum atomic E-state index is -0.147. The number of benzene rings is 3. The Morgan fingerprint density at radius 3 is 2.49 bits per heavy atom. The van der Waals surface area contributed by atoms with E-state index in [-0.39, 0.29) is 11.0 Å². The van der Waals surface area contributed by atoms with Crippen molar-refractivity contribution in [2.75, 3.05) is 12.5 Å². The molecule has 2 aliphatic carbocycles. The van der Waals surface area contributed by atoms with Gasteiger partial charge in [0.05, 0.1) is 24.6 Å². The highest BCUT2D eigenvalue weighted by molar-refractivity contribution is 5.80. The number of methoxy groups -OCH3 is 1. The highest BCUT2D eigenvalue weighted by atomic mass is 16.5. The molecule has 1 aromatic heterocycles. The predicted octanol–water partition coefficient (Wildman–Crippen LogP) is 6.37. The molecule has 1 spiro atoms. The van der Waals surface area contributed by atoms with Crippen molar-refractivity contribution in [1.29, 1.82) is 0 Å². The van der Waals surface area contributed by atoms with E-state index in [2.05, 4.69) is 40.9 Å². The minimum absolute atomic E-state index is 0.0643. The number of fused-ring (bicyclic) bond motifs is 4. The Morgan fingerprint density at radius 1 is 0.974 bits per heavy atom. The summed E-state index contributed by atoms with van der Waals surface area (Å²) in [6.07, 6.45) is 8.99. The van der Waals surface area contributed by atoms with Crippen LogP contribution in [0, 0.1) is 0 Å². The Morgan fingerprint density at radius 2 is 1.72 bits per heavy atom. The van der Waals surface area contributed by atoms with Crippen molar-refractivity contribution in [2.24, 2.45) is 5.10 Å². The van der Waals surface area contributed by atoms with Crippen LogP contribution in [0.15, 0.2) is 88.8 Å². The van der Waals surface area contributed by atoms with Gasteiger partial charge >= 0.3 is 0 Å². The van der Waals surface area contributed by atoms with Crippen LogP contribution in [0.25, 0.3) is 11.3 Å². The molecule has 0 aliphatic heterocycles. The topological polar surface area (TPSA) is 68.5 Å². The van der Waals surface area contributed by atoms with Crippen LogP contribution in [0.1, 0.15) is 54.4 Å². The summed E-state index contributed by atoms with van der Waals surface area (Å²) in [5, 5.41) is 4.49. The molecule has 6 rings (SSSR count). The molecule has 2 aliphatic rings. The normalized spacial score (nSPS) is 15.6. The average molecular weight is 519 g/mol. The maximum atomic E-state index is 14.5. The molecule has 198 valence electrons. The van der Waals surface area contributed by atoms with Crippen molar-refractivity contribution < 1.29 is 4.74 Å². The minimum Gasteiger partial charge on any atom is -0.497 e. The molecular formula is C33H34N4O2. The quantitative estimate of drug-likeness (QED) is 0.228. The summed E-state index contributed by atoms with van der Waals surface area (Å²) >= 11 is 0. The second kappa shape index (κ2) is 10.9. The number of nitrogens with one attached hydrogen (secondary N) is 1. The average Bonchev–Trinajstić information content (AvgIpc) is 2.98. The fourth-order valence-corrected chi connectivity index (χ4v) is 6.27. The lowest BCUT2D eigenvalue weighted by molar-refractivity contribution is 0.283. The van der Waals surface area contributed by atoms with Crippen molar-refractivity contribution in [3.63, 3.8) is 0 Å². The zero-order chi connectivity index (χ0) is 26.7. The van der Waals surface area contributed by atoms with Crippen molar-refractivity contribution in [3.05, 3.63) is 111 Å². The second-order valence-corrected chi connectivity index (χ2v) is 10.7. The summed E-state index contributed by atoms with van der Waals surface area (Å²) in [6, 6.07) is 26.4. The largest absolute Gasteiger partial charge is 0.497 e. The van der Waals surface area contributed by atoms with Crippen LogP contribution in [0.2, 0.25) is 0 Å². The third-order valence-electron chi connectivity index (χ3n) is 8.27. The molecule has 6 heteroatoms. The van der Waals surface area contributed by atoms with Gasteiger partial charge in [-0.05, 0) is 66.6 Å². The Labute approximate surface area is 229 Å². The molecule has 0 bridgehead atoms. The van der Waals surface area contributed by atoms with Crippen LogP contribution in [0.3, 0.4) is 0 Å². The van der Waals surface area contributed by atoms with Gasteiger partial charge in [-0.3, -0.25) is 9.36 Å². The van der Waals surface area contributed by atoms with E-state index in [0.29, 0.717) is 12.5 Å². The SMILES string of the molecule is COc1ccc(/C=N\Nc2nc3c(c(=O)n2CCc2ccccc2)C2(CCCCC2)Cc2ccccc2-3)cc1. The number of rotatable bonds is 7. The Kier molecular flexibility index (Phi) is 7.01. The molecule has 0 saturated heterocycles. The Balaban J connectivity index is 1.44. The Bertz CT molecular complexity index is 1530. The predicted molar refractivity (Wildman–Crippen MR) is 157 cm³/mol. The summed E-state index contributed by atoms with van der Waals surface area (Å²) < 4.78 is 7.06. The summed E-state index contributed by atoms with van der Waals surface area (Å²) in [5.41, 5.74) is 9.23. The van der Waals surface area contributed by atoms with Crippen molar-refractivity contribution >= 4 is 12.2 Å². The number of nitrogens with zero attached hydrogens (tertiary/aromatic N) is 3. The summed E-state index contributed by atoms with van der Waals surface area (Å²) in [4.78, 5) is 19.6. The van der Waals surface area contributed by atoms with E-state index in [1.807, 2.05) is 53.1 Å². The number of aryl methyl sites for hydroxylation is 1. The second-order valence-electron chi connectivity index (χ2n) is 10.7. The molecule has 39 heavy (non-hydrogen) atoms. The van der Waals surface area contributed by atoms with Gasteiger partial charge in [-0.25, -0.2) is 10.4 Å². The lowest BCUT2D eigenvalue weighted by atomic mass is 9.62. The van der Waals surface area contributed by atoms with Gasteiger partial charge in [-0.15, -0.1) is 0 Å². The van der Waals surface area contributed by atoms with Crippen molar-refractivity contribution in [3.8, 4) is 17.0 Å². The summed E-state index contributed by atoms with van der Waals surface area (Å²) in [6.45, 7) is 0.529. The van der Waals surface area contributed by atoms with Crippen LogP contribution in [0.4, 0.5) is 5.95 Å². The van der Waals surface area contributed by atoms with Gasteiger partial charge < -0.3 is 4.74 Å². The lowest BCUT2D eigenvalue weighted by Gasteiger charge is -2.42. The van der Waals surface area contributed by atoms with Crippen molar-refractivity contribution in [2.45, 2.75) is 56.9 Å². The number of hydrazone groups is 1. The zero-order valence-corrected chi connectivity index (χ0v) is 22.4. The molecule has 3 aromatic carbocycles.